The molecule has 0 saturated heterocycles. The first-order chi connectivity index (χ1) is 13.0. The van der Waals surface area contributed by atoms with Gasteiger partial charge < -0.3 is 4.42 Å². The van der Waals surface area contributed by atoms with Gasteiger partial charge in [-0.25, -0.2) is 8.78 Å². The number of carbonyl (C=O) groups excluding carboxylic acids is 2. The van der Waals surface area contributed by atoms with Gasteiger partial charge in [0.25, 0.3) is 5.91 Å². The lowest BCUT2D eigenvalue weighted by Crippen LogP contribution is -2.42. The molecule has 0 spiro atoms. The van der Waals surface area contributed by atoms with Crippen LogP contribution in [0.4, 0.5) is 8.78 Å². The smallest absolute Gasteiger partial charge is 0.272 e. The van der Waals surface area contributed by atoms with Crippen LogP contribution in [-0.2, 0) is 11.2 Å². The molecule has 0 saturated carbocycles. The molecule has 0 aliphatic carbocycles. The van der Waals surface area contributed by atoms with Gasteiger partial charge in [0.05, 0.1) is 11.1 Å². The van der Waals surface area contributed by atoms with Crippen molar-refractivity contribution >= 4 is 11.8 Å². The predicted molar refractivity (Wildman–Crippen MR) is 94.4 cm³/mol. The molecular weight excluding hydrogens is 354 g/mol. The monoisotopic (exact) mass is 370 g/mol. The maximum absolute atomic E-state index is 13.8. The topological polar surface area (TPSA) is 71.3 Å². The quantitative estimate of drug-likeness (QED) is 0.674. The average molecular weight is 370 g/mol. The Labute approximate surface area is 154 Å². The average Bonchev–Trinajstić information content (AvgIpc) is 3.14. The van der Waals surface area contributed by atoms with Crippen molar-refractivity contribution in [2.24, 2.45) is 0 Å². The van der Waals surface area contributed by atoms with Crippen molar-refractivity contribution in [3.63, 3.8) is 0 Å². The van der Waals surface area contributed by atoms with E-state index in [1.54, 1.807) is 30.3 Å². The summed E-state index contributed by atoms with van der Waals surface area (Å²) in [5, 5.41) is 0. The summed E-state index contributed by atoms with van der Waals surface area (Å²) in [7, 11) is 0. The maximum atomic E-state index is 13.8. The minimum atomic E-state index is -0.749. The molecule has 3 aromatic rings. The van der Waals surface area contributed by atoms with Gasteiger partial charge in [0.2, 0.25) is 5.91 Å². The van der Waals surface area contributed by atoms with E-state index in [1.165, 1.54) is 24.3 Å². The van der Waals surface area contributed by atoms with Crippen LogP contribution in [0, 0.1) is 11.6 Å². The Morgan fingerprint density at radius 3 is 2.30 bits per heavy atom. The molecule has 7 heteroatoms. The zero-order valence-electron chi connectivity index (χ0n) is 14.2. The Balaban J connectivity index is 1.51. The molecule has 0 bridgehead atoms. The van der Waals surface area contributed by atoms with Crippen molar-refractivity contribution in [3.05, 3.63) is 83.6 Å². The lowest BCUT2D eigenvalue weighted by molar-refractivity contribution is -0.121. The normalized spacial score (nSPS) is 10.4. The molecule has 3 rings (SSSR count). The molecule has 2 N–H and O–H groups in total. The van der Waals surface area contributed by atoms with Gasteiger partial charge in [-0.15, -0.1) is 0 Å². The summed E-state index contributed by atoms with van der Waals surface area (Å²) in [6, 6.07) is 15.0. The van der Waals surface area contributed by atoms with Gasteiger partial charge in [0, 0.05) is 12.8 Å². The molecule has 1 aromatic heterocycles. The van der Waals surface area contributed by atoms with Gasteiger partial charge in [-0.05, 0) is 36.4 Å². The number of benzene rings is 2. The highest BCUT2D eigenvalue weighted by molar-refractivity contribution is 5.95. The molecule has 0 unspecified atom stereocenters. The van der Waals surface area contributed by atoms with Crippen molar-refractivity contribution in [3.8, 4) is 11.3 Å². The summed E-state index contributed by atoms with van der Waals surface area (Å²) in [6.07, 6.45) is 0.289. The van der Waals surface area contributed by atoms with Gasteiger partial charge in [0.1, 0.15) is 23.2 Å². The van der Waals surface area contributed by atoms with E-state index in [0.29, 0.717) is 17.1 Å². The third-order valence-electron chi connectivity index (χ3n) is 3.83. The van der Waals surface area contributed by atoms with Crippen molar-refractivity contribution in [2.75, 3.05) is 0 Å². The molecule has 0 fully saturated rings. The Hall–Kier alpha value is -3.48. The Bertz CT molecular complexity index is 969. The number of rotatable bonds is 5. The second-order valence-electron chi connectivity index (χ2n) is 5.73. The predicted octanol–water partition coefficient (Wildman–Crippen LogP) is 3.62. The van der Waals surface area contributed by atoms with Gasteiger partial charge in [0.15, 0.2) is 0 Å². The third-order valence-corrected chi connectivity index (χ3v) is 3.83. The van der Waals surface area contributed by atoms with Crippen LogP contribution in [0.2, 0.25) is 0 Å². The molecule has 1 heterocycles. The van der Waals surface area contributed by atoms with Crippen LogP contribution in [0.5, 0.6) is 0 Å². The fraction of sp³-hybridized carbons (Fsp3) is 0.100. The van der Waals surface area contributed by atoms with E-state index in [2.05, 4.69) is 10.9 Å². The summed E-state index contributed by atoms with van der Waals surface area (Å²) in [5.74, 6) is -1.42. The number of halogens is 2. The SMILES string of the molecule is O=C(CCc1ccc(-c2ccccc2F)o1)NNC(=O)c1ccccc1F. The largest absolute Gasteiger partial charge is 0.461 e. The number of amides is 2. The first-order valence-corrected chi connectivity index (χ1v) is 8.22. The van der Waals surface area contributed by atoms with Crippen LogP contribution in [0.1, 0.15) is 22.5 Å². The number of hydrogen-bond donors (Lipinski definition) is 2. The molecule has 2 aromatic carbocycles. The van der Waals surface area contributed by atoms with Crippen LogP contribution in [0.3, 0.4) is 0 Å². The number of hydrogen-bond acceptors (Lipinski definition) is 3. The number of aryl methyl sites for hydroxylation is 1. The van der Waals surface area contributed by atoms with Crippen molar-refractivity contribution < 1.29 is 22.8 Å². The molecule has 27 heavy (non-hydrogen) atoms. The second kappa shape index (κ2) is 8.27. The van der Waals surface area contributed by atoms with E-state index < -0.39 is 23.4 Å². The minimum Gasteiger partial charge on any atom is -0.461 e. The standard InChI is InChI=1S/C20H16F2N2O3/c21-16-7-3-1-5-14(16)18-11-9-13(27-18)10-12-19(25)23-24-20(26)15-6-2-4-8-17(15)22/h1-9,11H,10,12H2,(H,23,25)(H,24,26). The molecule has 0 aliphatic rings. The first kappa shape index (κ1) is 18.3. The molecule has 138 valence electrons. The number of hydrazine groups is 1. The van der Waals surface area contributed by atoms with E-state index in [1.807, 2.05) is 0 Å². The minimum absolute atomic E-state index is 0.0295. The van der Waals surface area contributed by atoms with Gasteiger partial charge in [-0.2, -0.15) is 0 Å². The van der Waals surface area contributed by atoms with Gasteiger partial charge in [-0.3, -0.25) is 20.4 Å². The zero-order chi connectivity index (χ0) is 19.2. The number of nitrogens with one attached hydrogen (secondary N) is 2. The highest BCUT2D eigenvalue weighted by atomic mass is 19.1. The highest BCUT2D eigenvalue weighted by Crippen LogP contribution is 2.25. The Morgan fingerprint density at radius 1 is 0.852 bits per heavy atom. The van der Waals surface area contributed by atoms with E-state index in [-0.39, 0.29) is 18.4 Å². The van der Waals surface area contributed by atoms with Crippen molar-refractivity contribution in [1.82, 2.24) is 10.9 Å². The van der Waals surface area contributed by atoms with Crippen LogP contribution < -0.4 is 10.9 Å². The lowest BCUT2D eigenvalue weighted by Gasteiger charge is -2.07. The zero-order valence-corrected chi connectivity index (χ0v) is 14.2. The molecule has 0 aliphatic heterocycles. The van der Waals surface area contributed by atoms with E-state index >= 15 is 0 Å². The summed E-state index contributed by atoms with van der Waals surface area (Å²) in [5.41, 5.74) is 4.54. The van der Waals surface area contributed by atoms with Gasteiger partial charge in [-0.1, -0.05) is 24.3 Å². The molecule has 0 radical (unpaired) electrons. The highest BCUT2D eigenvalue weighted by Gasteiger charge is 2.13. The number of carbonyl (C=O) groups is 2. The van der Waals surface area contributed by atoms with E-state index in [4.69, 9.17) is 4.42 Å². The van der Waals surface area contributed by atoms with Gasteiger partial charge >= 0.3 is 0 Å². The van der Waals surface area contributed by atoms with Crippen molar-refractivity contribution in [1.29, 1.82) is 0 Å². The fourth-order valence-electron chi connectivity index (χ4n) is 2.46. The summed E-state index contributed by atoms with van der Waals surface area (Å²) < 4.78 is 32.8. The maximum Gasteiger partial charge on any atom is 0.272 e. The van der Waals surface area contributed by atoms with Crippen LogP contribution in [0.15, 0.2) is 65.1 Å². The third kappa shape index (κ3) is 4.58. The number of furan rings is 1. The molecule has 2 amide bonds. The summed E-state index contributed by atoms with van der Waals surface area (Å²) in [4.78, 5) is 23.7. The Morgan fingerprint density at radius 2 is 1.56 bits per heavy atom. The van der Waals surface area contributed by atoms with Crippen LogP contribution in [0.25, 0.3) is 11.3 Å². The fourth-order valence-corrected chi connectivity index (χ4v) is 2.46. The molecular formula is C20H16F2N2O3. The van der Waals surface area contributed by atoms with E-state index in [9.17, 15) is 18.4 Å². The van der Waals surface area contributed by atoms with Crippen molar-refractivity contribution in [2.45, 2.75) is 12.8 Å². The van der Waals surface area contributed by atoms with E-state index in [0.717, 1.165) is 6.07 Å². The van der Waals surface area contributed by atoms with Crippen LogP contribution >= 0.6 is 0 Å². The van der Waals surface area contributed by atoms with Crippen LogP contribution in [-0.4, -0.2) is 11.8 Å². The first-order valence-electron chi connectivity index (χ1n) is 8.22. The molecule has 5 nitrogen and oxygen atoms in total. The Kier molecular flexibility index (Phi) is 5.61. The second-order valence-corrected chi connectivity index (χ2v) is 5.73. The molecule has 0 atom stereocenters. The summed E-state index contributed by atoms with van der Waals surface area (Å²) >= 11 is 0. The lowest BCUT2D eigenvalue weighted by atomic mass is 10.1. The summed E-state index contributed by atoms with van der Waals surface area (Å²) in [6.45, 7) is 0.